The van der Waals surface area contributed by atoms with E-state index in [1.165, 1.54) is 18.9 Å². The Kier molecular flexibility index (Phi) is 5.11. The van der Waals surface area contributed by atoms with E-state index in [9.17, 15) is 9.59 Å². The molecule has 114 valence electrons. The van der Waals surface area contributed by atoms with Crippen molar-refractivity contribution in [1.82, 2.24) is 9.97 Å². The van der Waals surface area contributed by atoms with E-state index in [1.807, 2.05) is 14.1 Å². The Hall–Kier alpha value is -2.41. The van der Waals surface area contributed by atoms with Crippen molar-refractivity contribution in [3.63, 3.8) is 0 Å². The van der Waals surface area contributed by atoms with E-state index in [-0.39, 0.29) is 0 Å². The van der Waals surface area contributed by atoms with Gasteiger partial charge in [-0.2, -0.15) is 0 Å². The highest BCUT2D eigenvalue weighted by Crippen LogP contribution is 2.33. The molecule has 6 nitrogen and oxygen atoms in total. The molecule has 0 aliphatic carbocycles. The quantitative estimate of drug-likeness (QED) is 0.619. The second-order valence-corrected chi connectivity index (χ2v) is 5.54. The number of rotatable bonds is 5. The molecule has 0 saturated carbocycles. The number of esters is 1. The van der Waals surface area contributed by atoms with Gasteiger partial charge in [-0.15, -0.1) is 0 Å². The van der Waals surface area contributed by atoms with E-state index in [4.69, 9.17) is 4.74 Å². The number of aldehydes is 1. The van der Waals surface area contributed by atoms with Crippen molar-refractivity contribution < 1.29 is 14.3 Å². The number of carbonyl (C=O) groups excluding carboxylic acids is 2. The Balaban J connectivity index is 2.46. The molecule has 0 atom stereocenters. The molecule has 0 N–H and O–H groups in total. The Labute approximate surface area is 132 Å². The number of carbonyl (C=O) groups is 2. The topological polar surface area (TPSA) is 72.4 Å². The van der Waals surface area contributed by atoms with Crippen molar-refractivity contribution in [3.8, 4) is 0 Å². The minimum Gasteiger partial charge on any atom is -0.465 e. The van der Waals surface area contributed by atoms with Crippen LogP contribution in [0.15, 0.2) is 40.5 Å². The fourth-order valence-electron chi connectivity index (χ4n) is 1.84. The van der Waals surface area contributed by atoms with Crippen LogP contribution in [0.1, 0.15) is 20.7 Å². The lowest BCUT2D eigenvalue weighted by molar-refractivity contribution is 0.0595. The molecule has 0 radical (unpaired) electrons. The third-order valence-electron chi connectivity index (χ3n) is 2.85. The minimum atomic E-state index is -0.467. The van der Waals surface area contributed by atoms with E-state index < -0.39 is 5.97 Å². The second kappa shape index (κ2) is 7.04. The van der Waals surface area contributed by atoms with Gasteiger partial charge in [0.05, 0.1) is 18.2 Å². The zero-order valence-corrected chi connectivity index (χ0v) is 13.3. The van der Waals surface area contributed by atoms with Gasteiger partial charge < -0.3 is 9.64 Å². The Morgan fingerprint density at radius 3 is 2.68 bits per heavy atom. The molecule has 2 aromatic heterocycles. The molecule has 0 amide bonds. The van der Waals surface area contributed by atoms with Gasteiger partial charge in [-0.1, -0.05) is 11.8 Å². The van der Waals surface area contributed by atoms with Crippen LogP contribution in [0.4, 0.5) is 5.82 Å². The summed E-state index contributed by atoms with van der Waals surface area (Å²) in [5.41, 5.74) is 0.814. The monoisotopic (exact) mass is 317 g/mol. The lowest BCUT2D eigenvalue weighted by Gasteiger charge is -2.15. The van der Waals surface area contributed by atoms with Crippen molar-refractivity contribution in [1.29, 1.82) is 0 Å². The van der Waals surface area contributed by atoms with Crippen LogP contribution < -0.4 is 4.90 Å². The lowest BCUT2D eigenvalue weighted by atomic mass is 10.2. The molecule has 0 saturated heterocycles. The molecule has 0 aliphatic rings. The van der Waals surface area contributed by atoms with Crippen LogP contribution in [0, 0.1) is 0 Å². The Morgan fingerprint density at radius 1 is 1.27 bits per heavy atom. The number of hydrogen-bond acceptors (Lipinski definition) is 7. The molecular weight excluding hydrogens is 302 g/mol. The van der Waals surface area contributed by atoms with E-state index in [0.717, 1.165) is 6.29 Å². The third-order valence-corrected chi connectivity index (χ3v) is 3.95. The van der Waals surface area contributed by atoms with Gasteiger partial charge in [-0.25, -0.2) is 14.8 Å². The SMILES string of the molecule is COC(=O)c1cccnc1Sc1ccnc(N(C)C)c1C=O. The molecule has 7 heteroatoms. The summed E-state index contributed by atoms with van der Waals surface area (Å²) in [7, 11) is 4.94. The van der Waals surface area contributed by atoms with Crippen molar-refractivity contribution in [2.24, 2.45) is 0 Å². The molecule has 22 heavy (non-hydrogen) atoms. The highest BCUT2D eigenvalue weighted by Gasteiger charge is 2.17. The number of methoxy groups -OCH3 is 1. The lowest BCUT2D eigenvalue weighted by Crippen LogP contribution is -2.13. The van der Waals surface area contributed by atoms with Crippen molar-refractivity contribution in [2.75, 3.05) is 26.1 Å². The van der Waals surface area contributed by atoms with Crippen molar-refractivity contribution in [3.05, 3.63) is 41.7 Å². The first kappa shape index (κ1) is 16.0. The molecule has 2 rings (SSSR count). The Bertz CT molecular complexity index is 704. The van der Waals surface area contributed by atoms with Gasteiger partial charge >= 0.3 is 5.97 Å². The van der Waals surface area contributed by atoms with Gasteiger partial charge in [0.2, 0.25) is 0 Å². The average Bonchev–Trinajstić information content (AvgIpc) is 2.54. The van der Waals surface area contributed by atoms with Crippen LogP contribution >= 0.6 is 11.8 Å². The molecule has 2 aromatic rings. The van der Waals surface area contributed by atoms with Crippen molar-refractivity contribution >= 4 is 29.8 Å². The number of pyridine rings is 2. The maximum atomic E-state index is 11.8. The molecular formula is C15H15N3O3S. The third kappa shape index (κ3) is 3.25. The summed E-state index contributed by atoms with van der Waals surface area (Å²) in [6, 6.07) is 5.02. The van der Waals surface area contributed by atoms with E-state index in [2.05, 4.69) is 9.97 Å². The second-order valence-electron chi connectivity index (χ2n) is 4.51. The summed E-state index contributed by atoms with van der Waals surface area (Å²) in [5, 5.41) is 0.480. The predicted molar refractivity (Wildman–Crippen MR) is 83.7 cm³/mol. The van der Waals surface area contributed by atoms with Crippen LogP contribution in [-0.4, -0.2) is 43.4 Å². The molecule has 0 aliphatic heterocycles. The van der Waals surface area contributed by atoms with Crippen LogP contribution in [0.5, 0.6) is 0 Å². The molecule has 0 fully saturated rings. The first-order chi connectivity index (χ1) is 10.6. The van der Waals surface area contributed by atoms with Crippen LogP contribution in [0.3, 0.4) is 0 Å². The normalized spacial score (nSPS) is 10.1. The fraction of sp³-hybridized carbons (Fsp3) is 0.200. The predicted octanol–water partition coefficient (Wildman–Crippen LogP) is 2.29. The first-order valence-electron chi connectivity index (χ1n) is 6.41. The maximum Gasteiger partial charge on any atom is 0.340 e. The zero-order valence-electron chi connectivity index (χ0n) is 12.4. The molecule has 0 spiro atoms. The number of aromatic nitrogens is 2. The summed E-state index contributed by atoms with van der Waals surface area (Å²) in [4.78, 5) is 34.0. The number of nitrogens with zero attached hydrogens (tertiary/aromatic N) is 3. The fourth-order valence-corrected chi connectivity index (χ4v) is 2.80. The minimum absolute atomic E-state index is 0.357. The van der Waals surface area contributed by atoms with Gasteiger partial charge in [0, 0.05) is 31.4 Å². The largest absolute Gasteiger partial charge is 0.465 e. The van der Waals surface area contributed by atoms with Crippen molar-refractivity contribution in [2.45, 2.75) is 9.92 Å². The summed E-state index contributed by atoms with van der Waals surface area (Å²) >= 11 is 1.23. The summed E-state index contributed by atoms with van der Waals surface area (Å²) in [5.74, 6) is 0.0979. The molecule has 0 unspecified atom stereocenters. The van der Waals surface area contributed by atoms with Gasteiger partial charge in [-0.3, -0.25) is 4.79 Å². The van der Waals surface area contributed by atoms with Gasteiger partial charge in [0.15, 0.2) is 6.29 Å². The first-order valence-corrected chi connectivity index (χ1v) is 7.22. The highest BCUT2D eigenvalue weighted by molar-refractivity contribution is 7.99. The van der Waals surface area contributed by atoms with Gasteiger partial charge in [0.1, 0.15) is 10.8 Å². The standard InChI is InChI=1S/C15H15N3O3S/c1-18(2)13-11(9-19)12(6-8-16-13)22-14-10(15(20)21-3)5-4-7-17-14/h4-9H,1-3H3. The van der Waals surface area contributed by atoms with E-state index in [1.54, 1.807) is 35.5 Å². The summed E-state index contributed by atoms with van der Waals surface area (Å²) < 4.78 is 4.75. The van der Waals surface area contributed by atoms with Crippen LogP contribution in [-0.2, 0) is 4.74 Å². The number of ether oxygens (including phenoxy) is 1. The summed E-state index contributed by atoms with van der Waals surface area (Å²) in [6.45, 7) is 0. The van der Waals surface area contributed by atoms with Crippen LogP contribution in [0.2, 0.25) is 0 Å². The zero-order chi connectivity index (χ0) is 16.1. The number of hydrogen-bond donors (Lipinski definition) is 0. The molecule has 2 heterocycles. The summed E-state index contributed by atoms with van der Waals surface area (Å²) in [6.07, 6.45) is 3.96. The van der Waals surface area contributed by atoms with Crippen LogP contribution in [0.25, 0.3) is 0 Å². The maximum absolute atomic E-state index is 11.8. The van der Waals surface area contributed by atoms with Gasteiger partial charge in [0.25, 0.3) is 0 Å². The Morgan fingerprint density at radius 2 is 2.05 bits per heavy atom. The number of anilines is 1. The highest BCUT2D eigenvalue weighted by atomic mass is 32.2. The van der Waals surface area contributed by atoms with E-state index >= 15 is 0 Å². The molecule has 0 bridgehead atoms. The van der Waals surface area contributed by atoms with Gasteiger partial charge in [-0.05, 0) is 18.2 Å². The average molecular weight is 317 g/mol. The van der Waals surface area contributed by atoms with E-state index in [0.29, 0.717) is 26.9 Å². The molecule has 0 aromatic carbocycles. The smallest absolute Gasteiger partial charge is 0.340 e.